The minimum atomic E-state index is -1.16. The molecule has 2 aliphatic carbocycles. The third kappa shape index (κ3) is 6.21. The number of hydrogen-bond acceptors (Lipinski definition) is 3. The van der Waals surface area contributed by atoms with Crippen LogP contribution >= 0.6 is 11.6 Å². The molecule has 8 heteroatoms. The van der Waals surface area contributed by atoms with E-state index >= 15 is 4.39 Å². The van der Waals surface area contributed by atoms with Crippen molar-refractivity contribution in [2.45, 2.75) is 44.6 Å². The van der Waals surface area contributed by atoms with Crippen LogP contribution in [0.3, 0.4) is 0 Å². The predicted octanol–water partition coefficient (Wildman–Crippen LogP) is 7.95. The molecule has 1 heterocycles. The van der Waals surface area contributed by atoms with Gasteiger partial charge in [-0.05, 0) is 89.8 Å². The highest BCUT2D eigenvalue weighted by Gasteiger charge is 2.28. The van der Waals surface area contributed by atoms with Gasteiger partial charge in [0.2, 0.25) is 0 Å². The van der Waals surface area contributed by atoms with Gasteiger partial charge in [0.15, 0.2) is 0 Å². The maximum Gasteiger partial charge on any atom is 0.331 e. The van der Waals surface area contributed by atoms with E-state index in [4.69, 9.17) is 16.3 Å². The third-order valence-corrected chi connectivity index (χ3v) is 8.00. The number of nitrogens with zero attached hydrogens (tertiary/aromatic N) is 1. The van der Waals surface area contributed by atoms with Crippen LogP contribution in [0.1, 0.15) is 49.7 Å². The van der Waals surface area contributed by atoms with Crippen LogP contribution in [0.25, 0.3) is 11.1 Å². The first-order valence-corrected chi connectivity index (χ1v) is 14.0. The van der Waals surface area contributed by atoms with Crippen LogP contribution in [-0.2, 0) is 4.79 Å². The summed E-state index contributed by atoms with van der Waals surface area (Å²) in [5, 5.41) is 9.83. The molecule has 0 saturated carbocycles. The van der Waals surface area contributed by atoms with Crippen LogP contribution in [0.15, 0.2) is 77.2 Å². The van der Waals surface area contributed by atoms with E-state index in [-0.39, 0.29) is 29.8 Å². The molecule has 1 atom stereocenters. The molecule has 1 fully saturated rings. The van der Waals surface area contributed by atoms with E-state index in [0.29, 0.717) is 48.1 Å². The van der Waals surface area contributed by atoms with Crippen LogP contribution in [0.5, 0.6) is 5.75 Å². The molecule has 2 aromatic rings. The van der Waals surface area contributed by atoms with Gasteiger partial charge in [-0.3, -0.25) is 9.29 Å². The van der Waals surface area contributed by atoms with Crippen molar-refractivity contribution in [1.82, 2.24) is 4.90 Å². The zero-order chi connectivity index (χ0) is 28.2. The Labute approximate surface area is 237 Å². The molecule has 0 radical (unpaired) electrons. The van der Waals surface area contributed by atoms with Crippen molar-refractivity contribution in [2.75, 3.05) is 26.3 Å². The van der Waals surface area contributed by atoms with E-state index in [1.165, 1.54) is 18.2 Å². The zero-order valence-electron chi connectivity index (χ0n) is 22.1. The Bertz CT molecular complexity index is 1410. The van der Waals surface area contributed by atoms with Gasteiger partial charge in [-0.1, -0.05) is 42.0 Å². The number of carboxylic acids is 1. The number of likely N-dealkylation sites (tertiary alicyclic amines) is 1. The Morgan fingerprint density at radius 2 is 1.85 bits per heavy atom. The lowest BCUT2D eigenvalue weighted by molar-refractivity contribution is -0.132. The monoisotopic (exact) mass is 569 g/mol. The lowest BCUT2D eigenvalue weighted by Gasteiger charge is -2.20. The summed E-state index contributed by atoms with van der Waals surface area (Å²) in [4.78, 5) is 13.9. The summed E-state index contributed by atoms with van der Waals surface area (Å²) in [5.41, 5.74) is 4.11. The number of allylic oxidation sites excluding steroid dienone is 7. The van der Waals surface area contributed by atoms with E-state index < -0.39 is 17.6 Å². The first-order chi connectivity index (χ1) is 19.3. The smallest absolute Gasteiger partial charge is 0.331 e. The van der Waals surface area contributed by atoms with Gasteiger partial charge < -0.3 is 9.84 Å². The van der Waals surface area contributed by atoms with Crippen molar-refractivity contribution >= 4 is 28.7 Å². The predicted molar refractivity (Wildman–Crippen MR) is 151 cm³/mol. The Kier molecular flexibility index (Phi) is 8.81. The third-order valence-electron chi connectivity index (χ3n) is 7.69. The number of benzene rings is 2. The second kappa shape index (κ2) is 12.5. The first-order valence-electron chi connectivity index (χ1n) is 13.6. The summed E-state index contributed by atoms with van der Waals surface area (Å²) in [7, 11) is 0. The topological polar surface area (TPSA) is 49.8 Å². The van der Waals surface area contributed by atoms with Gasteiger partial charge in [-0.15, -0.1) is 0 Å². The van der Waals surface area contributed by atoms with Crippen molar-refractivity contribution in [3.63, 3.8) is 0 Å². The molecule has 2 aromatic carbocycles. The lowest BCUT2D eigenvalue weighted by atomic mass is 9.86. The summed E-state index contributed by atoms with van der Waals surface area (Å²) < 4.78 is 48.2. The van der Waals surface area contributed by atoms with E-state index in [0.717, 1.165) is 42.8 Å². The Balaban J connectivity index is 1.55. The lowest BCUT2D eigenvalue weighted by Crippen LogP contribution is -2.26. The minimum Gasteiger partial charge on any atom is -0.489 e. The van der Waals surface area contributed by atoms with E-state index in [9.17, 15) is 18.7 Å². The number of ether oxygens (including phenoxy) is 1. The van der Waals surface area contributed by atoms with Gasteiger partial charge in [0.1, 0.15) is 23.5 Å². The molecule has 40 heavy (non-hydrogen) atoms. The van der Waals surface area contributed by atoms with Gasteiger partial charge in [0, 0.05) is 31.6 Å². The van der Waals surface area contributed by atoms with Crippen LogP contribution in [0.2, 0.25) is 5.02 Å². The van der Waals surface area contributed by atoms with Crippen molar-refractivity contribution in [2.24, 2.45) is 0 Å². The molecule has 4 nitrogen and oxygen atoms in total. The number of fused-ring (bicyclic) bond motifs is 1. The van der Waals surface area contributed by atoms with Gasteiger partial charge >= 0.3 is 5.97 Å². The fraction of sp³-hybridized carbons (Fsp3) is 0.344. The molecular weight excluding hydrogens is 539 g/mol. The first kappa shape index (κ1) is 28.2. The van der Waals surface area contributed by atoms with Crippen LogP contribution in [0, 0.1) is 5.82 Å². The number of hydrogen-bond donors (Lipinski definition) is 1. The zero-order valence-corrected chi connectivity index (χ0v) is 22.8. The standard InChI is InChI=1S/C32H31ClF3NO3/c33-29-18-22(35)8-12-25(29)27-4-1-3-26-28(11-7-21(32(38)39)17-30(26)36)31(27)20-5-9-23(10-6-20)40-24-13-16-37(19-24)15-2-14-34/h5-12,18,24H,1-4,13-17,19H2,(H,38,39)/t24-/m0/s1. The molecule has 0 aromatic heterocycles. The Morgan fingerprint density at radius 3 is 2.58 bits per heavy atom. The molecule has 0 bridgehead atoms. The molecule has 5 rings (SSSR count). The highest BCUT2D eigenvalue weighted by molar-refractivity contribution is 6.32. The second-order valence-electron chi connectivity index (χ2n) is 10.4. The highest BCUT2D eigenvalue weighted by atomic mass is 35.5. The van der Waals surface area contributed by atoms with Gasteiger partial charge in [-0.2, -0.15) is 0 Å². The SMILES string of the molecule is O=C(O)C1=CC=C2C(=C(F)C1)CCCC(c1ccc(F)cc1Cl)=C2c1ccc(O[C@H]2CCN(CCCF)C2)cc1. The summed E-state index contributed by atoms with van der Waals surface area (Å²) >= 11 is 6.52. The van der Waals surface area contributed by atoms with Crippen molar-refractivity contribution in [1.29, 1.82) is 0 Å². The van der Waals surface area contributed by atoms with Gasteiger partial charge in [-0.25, -0.2) is 13.6 Å². The van der Waals surface area contributed by atoms with Crippen LogP contribution in [0.4, 0.5) is 13.2 Å². The van der Waals surface area contributed by atoms with E-state index in [1.807, 2.05) is 24.3 Å². The Morgan fingerprint density at radius 1 is 1.07 bits per heavy atom. The van der Waals surface area contributed by atoms with Gasteiger partial charge in [0.05, 0.1) is 11.7 Å². The molecule has 0 amide bonds. The average molecular weight is 570 g/mol. The molecule has 210 valence electrons. The molecule has 1 N–H and O–H groups in total. The molecule has 1 saturated heterocycles. The number of aliphatic carboxylic acids is 1. The quantitative estimate of drug-likeness (QED) is 0.350. The molecule has 0 spiro atoms. The fourth-order valence-electron chi connectivity index (χ4n) is 5.75. The molecule has 0 unspecified atom stereocenters. The van der Waals surface area contributed by atoms with E-state index in [1.54, 1.807) is 12.1 Å². The minimum absolute atomic E-state index is 0.0175. The van der Waals surface area contributed by atoms with E-state index in [2.05, 4.69) is 4.90 Å². The van der Waals surface area contributed by atoms with Crippen LogP contribution in [-0.4, -0.2) is 48.4 Å². The normalized spacial score (nSPS) is 20.1. The Hall–Kier alpha value is -3.29. The number of alkyl halides is 1. The number of rotatable bonds is 8. The van der Waals surface area contributed by atoms with Gasteiger partial charge in [0.25, 0.3) is 0 Å². The highest BCUT2D eigenvalue weighted by Crippen LogP contribution is 2.46. The average Bonchev–Trinajstić information content (AvgIpc) is 3.20. The summed E-state index contributed by atoms with van der Waals surface area (Å²) in [6.45, 7) is 2.02. The molecule has 1 aliphatic heterocycles. The maximum atomic E-state index is 15.5. The van der Waals surface area contributed by atoms with Crippen molar-refractivity contribution < 1.29 is 27.8 Å². The van der Waals surface area contributed by atoms with Crippen LogP contribution < -0.4 is 4.74 Å². The number of carbonyl (C=O) groups is 1. The number of carboxylic acid groups (broad SMARTS) is 1. The molecule has 3 aliphatic rings. The largest absolute Gasteiger partial charge is 0.489 e. The summed E-state index contributed by atoms with van der Waals surface area (Å²) in [6, 6.07) is 11.8. The molecular formula is C32H31ClF3NO3. The summed E-state index contributed by atoms with van der Waals surface area (Å²) in [5.74, 6) is -1.37. The maximum absolute atomic E-state index is 15.5. The van der Waals surface area contributed by atoms with Crippen molar-refractivity contribution in [3.05, 3.63) is 99.1 Å². The van der Waals surface area contributed by atoms with Crippen molar-refractivity contribution in [3.8, 4) is 5.75 Å². The number of halogens is 4. The second-order valence-corrected chi connectivity index (χ2v) is 10.8. The fourth-order valence-corrected chi connectivity index (χ4v) is 6.03. The summed E-state index contributed by atoms with van der Waals surface area (Å²) in [6.07, 6.45) is 5.91.